The summed E-state index contributed by atoms with van der Waals surface area (Å²) >= 11 is 0. The number of methoxy groups -OCH3 is 1. The Morgan fingerprint density at radius 1 is 1.30 bits per heavy atom. The van der Waals surface area contributed by atoms with Crippen molar-refractivity contribution in [3.63, 3.8) is 0 Å². The summed E-state index contributed by atoms with van der Waals surface area (Å²) in [7, 11) is 1.70. The summed E-state index contributed by atoms with van der Waals surface area (Å²) in [5.41, 5.74) is 2.52. The maximum absolute atomic E-state index is 11.5. The van der Waals surface area contributed by atoms with Crippen molar-refractivity contribution < 1.29 is 14.3 Å². The van der Waals surface area contributed by atoms with Crippen molar-refractivity contribution in [2.75, 3.05) is 7.11 Å². The van der Waals surface area contributed by atoms with Crippen molar-refractivity contribution in [2.24, 2.45) is 11.8 Å². The van der Waals surface area contributed by atoms with Crippen LogP contribution in [-0.2, 0) is 20.7 Å². The van der Waals surface area contributed by atoms with Crippen molar-refractivity contribution in [1.29, 1.82) is 0 Å². The number of aryl methyl sites for hydroxylation is 1. The summed E-state index contributed by atoms with van der Waals surface area (Å²) < 4.78 is 10.9. The minimum atomic E-state index is -0.0850. The fraction of sp³-hybridized carbons (Fsp3) is 0.450. The first-order valence-corrected chi connectivity index (χ1v) is 8.36. The normalized spacial score (nSPS) is 24.9. The van der Waals surface area contributed by atoms with E-state index in [1.54, 1.807) is 7.11 Å². The molecule has 0 bridgehead atoms. The van der Waals surface area contributed by atoms with Gasteiger partial charge in [0.1, 0.15) is 11.9 Å². The van der Waals surface area contributed by atoms with E-state index < -0.39 is 0 Å². The first kappa shape index (κ1) is 15.9. The number of fused-ring (bicyclic) bond motifs is 1. The first-order valence-electron chi connectivity index (χ1n) is 8.36. The molecule has 1 aromatic rings. The number of carbonyl (C=O) groups excluding carboxylic acids is 1. The molecule has 1 fully saturated rings. The Kier molecular flexibility index (Phi) is 4.85. The van der Waals surface area contributed by atoms with Gasteiger partial charge in [0.2, 0.25) is 0 Å². The Morgan fingerprint density at radius 3 is 2.83 bits per heavy atom. The van der Waals surface area contributed by atoms with Gasteiger partial charge in [-0.1, -0.05) is 49.4 Å². The molecule has 0 N–H and O–H groups in total. The van der Waals surface area contributed by atoms with E-state index >= 15 is 0 Å². The molecule has 3 atom stereocenters. The van der Waals surface area contributed by atoms with E-state index in [1.165, 1.54) is 5.56 Å². The van der Waals surface area contributed by atoms with Crippen LogP contribution in [0.15, 0.2) is 53.8 Å². The summed E-state index contributed by atoms with van der Waals surface area (Å²) in [5.74, 6) is 1.55. The van der Waals surface area contributed by atoms with Crippen LogP contribution in [0.5, 0.6) is 0 Å². The quantitative estimate of drug-likeness (QED) is 0.743. The predicted octanol–water partition coefficient (Wildman–Crippen LogP) is 4.05. The lowest BCUT2D eigenvalue weighted by atomic mass is 9.95. The SMILES string of the molecule is COC1=C(C=CC(C)CCc2ccccc2)C2CC(=O)OC2C1. The molecular formula is C20H24O3. The zero-order valence-electron chi connectivity index (χ0n) is 13.8. The van der Waals surface area contributed by atoms with Crippen molar-refractivity contribution in [3.8, 4) is 0 Å². The first-order chi connectivity index (χ1) is 11.2. The third kappa shape index (κ3) is 3.66. The number of hydrogen-bond acceptors (Lipinski definition) is 3. The lowest BCUT2D eigenvalue weighted by Gasteiger charge is -2.10. The van der Waals surface area contributed by atoms with Gasteiger partial charge in [0, 0.05) is 12.3 Å². The van der Waals surface area contributed by atoms with Crippen molar-refractivity contribution in [3.05, 3.63) is 59.4 Å². The summed E-state index contributed by atoms with van der Waals surface area (Å²) in [5, 5.41) is 0. The lowest BCUT2D eigenvalue weighted by molar-refractivity contribution is -0.141. The highest BCUT2D eigenvalue weighted by Crippen LogP contribution is 2.42. The maximum atomic E-state index is 11.5. The third-order valence-corrected chi connectivity index (χ3v) is 4.81. The molecule has 23 heavy (non-hydrogen) atoms. The summed E-state index contributed by atoms with van der Waals surface area (Å²) in [6, 6.07) is 10.6. The van der Waals surface area contributed by atoms with Gasteiger partial charge in [-0.15, -0.1) is 0 Å². The summed E-state index contributed by atoms with van der Waals surface area (Å²) in [4.78, 5) is 11.5. The molecule has 0 aromatic heterocycles. The molecule has 3 unspecified atom stereocenters. The Hall–Kier alpha value is -2.03. The number of benzene rings is 1. The highest BCUT2D eigenvalue weighted by Gasteiger charge is 2.43. The van der Waals surface area contributed by atoms with E-state index in [0.29, 0.717) is 18.8 Å². The lowest BCUT2D eigenvalue weighted by Crippen LogP contribution is -2.10. The minimum Gasteiger partial charge on any atom is -0.501 e. The Morgan fingerprint density at radius 2 is 2.09 bits per heavy atom. The topological polar surface area (TPSA) is 35.5 Å². The second kappa shape index (κ2) is 7.03. The maximum Gasteiger partial charge on any atom is 0.306 e. The highest BCUT2D eigenvalue weighted by atomic mass is 16.6. The molecule has 0 amide bonds. The predicted molar refractivity (Wildman–Crippen MR) is 89.7 cm³/mol. The van der Waals surface area contributed by atoms with Gasteiger partial charge in [0.05, 0.1) is 13.5 Å². The molecule has 3 nitrogen and oxygen atoms in total. The molecule has 1 aromatic carbocycles. The minimum absolute atomic E-state index is 0.0169. The summed E-state index contributed by atoms with van der Waals surface area (Å²) in [6.45, 7) is 2.23. The van der Waals surface area contributed by atoms with Gasteiger partial charge < -0.3 is 9.47 Å². The van der Waals surface area contributed by atoms with E-state index in [9.17, 15) is 4.79 Å². The molecule has 2 aliphatic rings. The second-order valence-electron chi connectivity index (χ2n) is 6.49. The average Bonchev–Trinajstić information content (AvgIpc) is 3.07. The van der Waals surface area contributed by atoms with Crippen LogP contribution in [0.2, 0.25) is 0 Å². The third-order valence-electron chi connectivity index (χ3n) is 4.81. The van der Waals surface area contributed by atoms with Crippen LogP contribution >= 0.6 is 0 Å². The standard InChI is InChI=1S/C20H24O3/c1-14(8-10-15-6-4-3-5-7-15)9-11-16-17-12-20(21)23-19(17)13-18(16)22-2/h3-7,9,11,14,17,19H,8,10,12-13H2,1-2H3. The monoisotopic (exact) mass is 312 g/mol. The zero-order valence-corrected chi connectivity index (χ0v) is 13.8. The molecular weight excluding hydrogens is 288 g/mol. The van der Waals surface area contributed by atoms with Gasteiger partial charge in [-0.05, 0) is 29.9 Å². The fourth-order valence-electron chi connectivity index (χ4n) is 3.43. The van der Waals surface area contributed by atoms with E-state index in [1.807, 2.05) is 6.07 Å². The Bertz CT molecular complexity index is 615. The van der Waals surface area contributed by atoms with Crippen molar-refractivity contribution >= 4 is 5.97 Å². The number of carbonyl (C=O) groups is 1. The highest BCUT2D eigenvalue weighted by molar-refractivity contribution is 5.73. The Labute approximate surface area is 138 Å². The van der Waals surface area contributed by atoms with Crippen LogP contribution in [0.3, 0.4) is 0 Å². The second-order valence-corrected chi connectivity index (χ2v) is 6.49. The molecule has 3 rings (SSSR count). The summed E-state index contributed by atoms with van der Waals surface area (Å²) in [6.07, 6.45) is 7.76. The van der Waals surface area contributed by atoms with Gasteiger partial charge in [0.15, 0.2) is 0 Å². The number of esters is 1. The fourth-order valence-corrected chi connectivity index (χ4v) is 3.43. The average molecular weight is 312 g/mol. The molecule has 1 aliphatic heterocycles. The van der Waals surface area contributed by atoms with Gasteiger partial charge in [-0.3, -0.25) is 4.79 Å². The van der Waals surface area contributed by atoms with Crippen LogP contribution in [0, 0.1) is 11.8 Å². The zero-order chi connectivity index (χ0) is 16.2. The number of rotatable bonds is 6. The van der Waals surface area contributed by atoms with Gasteiger partial charge in [-0.25, -0.2) is 0 Å². The largest absolute Gasteiger partial charge is 0.501 e. The molecule has 122 valence electrons. The van der Waals surface area contributed by atoms with Crippen LogP contribution in [-0.4, -0.2) is 19.2 Å². The van der Waals surface area contributed by atoms with E-state index in [-0.39, 0.29) is 18.0 Å². The molecule has 0 radical (unpaired) electrons. The number of allylic oxidation sites excluding steroid dienone is 2. The van der Waals surface area contributed by atoms with Gasteiger partial charge in [0.25, 0.3) is 0 Å². The van der Waals surface area contributed by atoms with Crippen molar-refractivity contribution in [1.82, 2.24) is 0 Å². The number of hydrogen-bond donors (Lipinski definition) is 0. The van der Waals surface area contributed by atoms with E-state index in [4.69, 9.17) is 9.47 Å². The van der Waals surface area contributed by atoms with Gasteiger partial charge in [-0.2, -0.15) is 0 Å². The van der Waals surface area contributed by atoms with Crippen LogP contribution in [0.4, 0.5) is 0 Å². The van der Waals surface area contributed by atoms with Crippen LogP contribution in [0.25, 0.3) is 0 Å². The van der Waals surface area contributed by atoms with E-state index in [2.05, 4.69) is 43.3 Å². The molecule has 3 heteroatoms. The molecule has 0 spiro atoms. The van der Waals surface area contributed by atoms with Crippen LogP contribution in [0.1, 0.15) is 31.7 Å². The van der Waals surface area contributed by atoms with Crippen molar-refractivity contribution in [2.45, 2.75) is 38.7 Å². The molecule has 1 aliphatic carbocycles. The van der Waals surface area contributed by atoms with Gasteiger partial charge >= 0.3 is 5.97 Å². The number of ether oxygens (including phenoxy) is 2. The smallest absolute Gasteiger partial charge is 0.306 e. The molecule has 0 saturated carbocycles. The Balaban J connectivity index is 1.60. The van der Waals surface area contributed by atoms with Crippen LogP contribution < -0.4 is 0 Å². The van der Waals surface area contributed by atoms with E-state index in [0.717, 1.165) is 24.2 Å². The molecule has 1 heterocycles. The molecule has 1 saturated heterocycles.